The van der Waals surface area contributed by atoms with Crippen LogP contribution < -0.4 is 5.32 Å². The van der Waals surface area contributed by atoms with Gasteiger partial charge in [-0.2, -0.15) is 18.3 Å². The first-order valence-corrected chi connectivity index (χ1v) is 8.78. The quantitative estimate of drug-likeness (QED) is 0.870. The summed E-state index contributed by atoms with van der Waals surface area (Å²) in [5.41, 5.74) is 0.780. The van der Waals surface area contributed by atoms with E-state index in [1.807, 2.05) is 6.07 Å². The zero-order valence-corrected chi connectivity index (χ0v) is 14.4. The van der Waals surface area contributed by atoms with Crippen LogP contribution in [0.1, 0.15) is 34.6 Å². The number of ether oxygens (including phenoxy) is 1. The molecule has 1 aromatic heterocycles. The largest absolute Gasteiger partial charge is 0.410 e. The first-order chi connectivity index (χ1) is 12.9. The predicted molar refractivity (Wildman–Crippen MR) is 91.5 cm³/mol. The summed E-state index contributed by atoms with van der Waals surface area (Å²) >= 11 is 0. The second-order valence-corrected chi connectivity index (χ2v) is 6.66. The van der Waals surface area contributed by atoms with Gasteiger partial charge in [0.2, 0.25) is 0 Å². The van der Waals surface area contributed by atoms with Crippen LogP contribution >= 0.6 is 0 Å². The third-order valence-electron chi connectivity index (χ3n) is 4.91. The minimum absolute atomic E-state index is 0.0161. The van der Waals surface area contributed by atoms with E-state index in [1.54, 1.807) is 29.2 Å². The van der Waals surface area contributed by atoms with Crippen LogP contribution in [0, 0.1) is 0 Å². The van der Waals surface area contributed by atoms with E-state index in [1.165, 1.54) is 6.07 Å². The molecule has 0 unspecified atom stereocenters. The number of halogens is 3. The molecule has 0 radical (unpaired) electrons. The Hall–Kier alpha value is -2.55. The lowest BCUT2D eigenvalue weighted by Gasteiger charge is -2.33. The molecule has 2 aliphatic rings. The summed E-state index contributed by atoms with van der Waals surface area (Å²) in [6.07, 6.45) is -4.65. The summed E-state index contributed by atoms with van der Waals surface area (Å²) in [6, 6.07) is 8.09. The number of hydrogen-bond acceptors (Lipinski definition) is 4. The van der Waals surface area contributed by atoms with Crippen LogP contribution in [-0.4, -0.2) is 53.1 Å². The Bertz CT molecular complexity index is 816. The van der Waals surface area contributed by atoms with Gasteiger partial charge in [-0.15, -0.1) is 0 Å². The molecule has 2 atom stereocenters. The van der Waals surface area contributed by atoms with Crippen molar-refractivity contribution >= 4 is 11.7 Å². The average molecular weight is 380 g/mol. The molecule has 1 amide bonds. The molecule has 9 heteroatoms. The Balaban J connectivity index is 1.66. The molecule has 3 heterocycles. The van der Waals surface area contributed by atoms with Gasteiger partial charge >= 0.3 is 6.18 Å². The number of nitrogens with one attached hydrogen (secondary N) is 1. The van der Waals surface area contributed by atoms with Gasteiger partial charge in [0, 0.05) is 25.6 Å². The highest BCUT2D eigenvalue weighted by Gasteiger charge is 2.47. The van der Waals surface area contributed by atoms with Crippen molar-refractivity contribution in [3.8, 4) is 0 Å². The smallest absolute Gasteiger partial charge is 0.378 e. The third-order valence-corrected chi connectivity index (χ3v) is 4.91. The molecule has 27 heavy (non-hydrogen) atoms. The fourth-order valence-corrected chi connectivity index (χ4v) is 3.51. The highest BCUT2D eigenvalue weighted by atomic mass is 19.4. The topological polar surface area (TPSA) is 59.4 Å². The van der Waals surface area contributed by atoms with E-state index < -0.39 is 18.3 Å². The molecule has 2 aromatic rings. The van der Waals surface area contributed by atoms with E-state index in [9.17, 15) is 18.0 Å². The van der Waals surface area contributed by atoms with Crippen LogP contribution in [0.15, 0.2) is 36.4 Å². The van der Waals surface area contributed by atoms with Crippen LogP contribution in [0.4, 0.5) is 19.0 Å². The lowest BCUT2D eigenvalue weighted by molar-refractivity contribution is -0.173. The zero-order chi connectivity index (χ0) is 19.0. The number of carbonyl (C=O) groups is 1. The first kappa shape index (κ1) is 17.8. The van der Waals surface area contributed by atoms with Crippen molar-refractivity contribution in [2.45, 2.75) is 24.7 Å². The summed E-state index contributed by atoms with van der Waals surface area (Å²) in [4.78, 5) is 14.2. The van der Waals surface area contributed by atoms with E-state index >= 15 is 0 Å². The van der Waals surface area contributed by atoms with Gasteiger partial charge in [-0.25, -0.2) is 4.68 Å². The molecule has 0 aliphatic carbocycles. The second-order valence-electron chi connectivity index (χ2n) is 6.66. The Morgan fingerprint density at radius 2 is 1.89 bits per heavy atom. The standard InChI is InChI=1S/C18H19F3N4O2/c19-18(20,21)15-10-13(12-4-2-1-3-5-12)22-16-11-14(23-25(15)16)17(26)24-6-8-27-9-7-24/h1-5,11,13,15,22H,6-10H2/t13-,15+/m0/s1. The lowest BCUT2D eigenvalue weighted by Crippen LogP contribution is -2.41. The number of fused-ring (bicyclic) bond motifs is 1. The lowest BCUT2D eigenvalue weighted by atomic mass is 9.97. The first-order valence-electron chi connectivity index (χ1n) is 8.78. The van der Waals surface area contributed by atoms with Crippen LogP contribution in [-0.2, 0) is 4.74 Å². The van der Waals surface area contributed by atoms with Crippen LogP contribution in [0.5, 0.6) is 0 Å². The molecular formula is C18H19F3N4O2. The Morgan fingerprint density at radius 1 is 1.19 bits per heavy atom. The van der Waals surface area contributed by atoms with Crippen molar-refractivity contribution in [2.75, 3.05) is 31.6 Å². The van der Waals surface area contributed by atoms with Gasteiger partial charge < -0.3 is 15.0 Å². The minimum atomic E-state index is -4.46. The van der Waals surface area contributed by atoms with Gasteiger partial charge in [0.1, 0.15) is 5.82 Å². The molecule has 6 nitrogen and oxygen atoms in total. The SMILES string of the molecule is O=C(c1cc2n(n1)[C@@H](C(F)(F)F)C[C@@H](c1ccccc1)N2)N1CCOCC1. The summed E-state index contributed by atoms with van der Waals surface area (Å²) in [7, 11) is 0. The van der Waals surface area contributed by atoms with Crippen molar-refractivity contribution in [1.29, 1.82) is 0 Å². The fourth-order valence-electron chi connectivity index (χ4n) is 3.51. The van der Waals surface area contributed by atoms with E-state index in [0.717, 1.165) is 10.2 Å². The van der Waals surface area contributed by atoms with Crippen LogP contribution in [0.3, 0.4) is 0 Å². The predicted octanol–water partition coefficient (Wildman–Crippen LogP) is 3.02. The molecule has 4 rings (SSSR count). The number of carbonyl (C=O) groups excluding carboxylic acids is 1. The number of anilines is 1. The third kappa shape index (κ3) is 3.51. The number of nitrogens with zero attached hydrogens (tertiary/aromatic N) is 3. The van der Waals surface area contributed by atoms with Crippen molar-refractivity contribution in [3.63, 3.8) is 0 Å². The molecule has 0 spiro atoms. The van der Waals surface area contributed by atoms with Crippen LogP contribution in [0.25, 0.3) is 0 Å². The maximum atomic E-state index is 13.7. The number of aromatic nitrogens is 2. The van der Waals surface area contributed by atoms with Crippen molar-refractivity contribution in [3.05, 3.63) is 47.7 Å². The summed E-state index contributed by atoms with van der Waals surface area (Å²) in [6.45, 7) is 1.64. The highest BCUT2D eigenvalue weighted by Crippen LogP contribution is 2.43. The number of alkyl halides is 3. The molecule has 2 aliphatic heterocycles. The minimum Gasteiger partial charge on any atom is -0.378 e. The van der Waals surface area contributed by atoms with Gasteiger partial charge in [-0.1, -0.05) is 30.3 Å². The Labute approximate surface area is 153 Å². The van der Waals surface area contributed by atoms with Gasteiger partial charge in [0.25, 0.3) is 5.91 Å². The molecule has 0 bridgehead atoms. The summed E-state index contributed by atoms with van der Waals surface area (Å²) in [5.74, 6) is -0.173. The fraction of sp³-hybridized carbons (Fsp3) is 0.444. The van der Waals surface area contributed by atoms with Crippen LogP contribution in [0.2, 0.25) is 0 Å². The molecule has 1 aromatic carbocycles. The van der Waals surface area contributed by atoms with Gasteiger partial charge in [-0.05, 0) is 5.56 Å². The molecule has 1 N–H and O–H groups in total. The number of amides is 1. The summed E-state index contributed by atoms with van der Waals surface area (Å²) in [5, 5.41) is 7.10. The zero-order valence-electron chi connectivity index (χ0n) is 14.4. The highest BCUT2D eigenvalue weighted by molar-refractivity contribution is 5.93. The number of hydrogen-bond donors (Lipinski definition) is 1. The molecule has 144 valence electrons. The molecule has 1 saturated heterocycles. The van der Waals surface area contributed by atoms with Gasteiger partial charge in [0.05, 0.1) is 19.3 Å². The number of morpholine rings is 1. The van der Waals surface area contributed by atoms with Crippen molar-refractivity contribution < 1.29 is 22.7 Å². The molecule has 1 fully saturated rings. The van der Waals surface area contributed by atoms with E-state index in [0.29, 0.717) is 26.3 Å². The Morgan fingerprint density at radius 3 is 2.56 bits per heavy atom. The maximum absolute atomic E-state index is 13.7. The van der Waals surface area contributed by atoms with E-state index in [2.05, 4.69) is 10.4 Å². The average Bonchev–Trinajstić information content (AvgIpc) is 3.11. The van der Waals surface area contributed by atoms with Gasteiger partial charge in [0.15, 0.2) is 11.7 Å². The molecule has 0 saturated carbocycles. The van der Waals surface area contributed by atoms with Gasteiger partial charge in [-0.3, -0.25) is 4.79 Å². The normalized spacial score (nSPS) is 22.9. The van der Waals surface area contributed by atoms with E-state index in [4.69, 9.17) is 4.74 Å². The maximum Gasteiger partial charge on any atom is 0.410 e. The monoisotopic (exact) mass is 380 g/mol. The second kappa shape index (κ2) is 6.88. The summed E-state index contributed by atoms with van der Waals surface area (Å²) < 4.78 is 47.1. The van der Waals surface area contributed by atoms with E-state index in [-0.39, 0.29) is 23.8 Å². The Kier molecular flexibility index (Phi) is 4.55. The number of benzene rings is 1. The van der Waals surface area contributed by atoms with Crippen molar-refractivity contribution in [1.82, 2.24) is 14.7 Å². The van der Waals surface area contributed by atoms with Crippen molar-refractivity contribution in [2.24, 2.45) is 0 Å². The number of rotatable bonds is 2. The molecular weight excluding hydrogens is 361 g/mol.